The first kappa shape index (κ1) is 26.6. The summed E-state index contributed by atoms with van der Waals surface area (Å²) in [6, 6.07) is 6.06. The number of amides is 5. The van der Waals surface area contributed by atoms with Crippen LogP contribution in [-0.2, 0) is 11.3 Å². The van der Waals surface area contributed by atoms with Gasteiger partial charge < -0.3 is 35.0 Å². The van der Waals surface area contributed by atoms with Crippen molar-refractivity contribution in [1.29, 1.82) is 0 Å². The summed E-state index contributed by atoms with van der Waals surface area (Å²) in [5, 5.41) is 12.3. The lowest BCUT2D eigenvalue weighted by Gasteiger charge is -2.47. The number of ether oxygens (including phenoxy) is 1. The van der Waals surface area contributed by atoms with Gasteiger partial charge in [0.2, 0.25) is 5.91 Å². The predicted molar refractivity (Wildman–Crippen MR) is 130 cm³/mol. The average molecular weight is 551 g/mol. The molecular weight excluding hydrogens is 521 g/mol. The van der Waals surface area contributed by atoms with Crippen molar-refractivity contribution in [1.82, 2.24) is 30.9 Å². The van der Waals surface area contributed by atoms with Crippen LogP contribution in [0.15, 0.2) is 34.9 Å². The van der Waals surface area contributed by atoms with E-state index in [1.807, 2.05) is 0 Å². The van der Waals surface area contributed by atoms with Gasteiger partial charge in [-0.25, -0.2) is 9.59 Å². The maximum absolute atomic E-state index is 13.4. The van der Waals surface area contributed by atoms with E-state index in [2.05, 4.69) is 25.8 Å². The van der Waals surface area contributed by atoms with Crippen LogP contribution in [0.3, 0.4) is 0 Å². The zero-order valence-corrected chi connectivity index (χ0v) is 21.2. The second kappa shape index (κ2) is 10.3. The molecule has 2 saturated heterocycles. The van der Waals surface area contributed by atoms with Gasteiger partial charge in [0.05, 0.1) is 12.6 Å². The first-order valence-electron chi connectivity index (χ1n) is 12.7. The number of urea groups is 2. The molecule has 2 atom stereocenters. The smallest absolute Gasteiger partial charge is 0.406 e. The molecule has 0 radical (unpaired) electrons. The van der Waals surface area contributed by atoms with Crippen molar-refractivity contribution in [3.63, 3.8) is 0 Å². The maximum atomic E-state index is 13.4. The largest absolute Gasteiger partial charge is 0.573 e. The van der Waals surface area contributed by atoms with Gasteiger partial charge in [0.1, 0.15) is 11.4 Å². The minimum absolute atomic E-state index is 0.00482. The fourth-order valence-electron chi connectivity index (χ4n) is 5.48. The average Bonchev–Trinajstić information content (AvgIpc) is 3.48. The summed E-state index contributed by atoms with van der Waals surface area (Å²) < 4.78 is 46.9. The summed E-state index contributed by atoms with van der Waals surface area (Å²) in [4.78, 5) is 41.4. The standard InChI is InChI=1S/C25H29F3N6O5/c1-29-22(36)33-12-17(9-24(14-33)10-21(35)31-13-24)34(16-5-6-16)23(37)30-11-19-8-20(32-39-19)15-3-2-4-18(7-15)38-25(26,27)28/h2-4,7-8,16-17H,5-6,9-14H2,1H3,(H,29,36)(H,30,37)(H,31,35)/t17-,24+/m1/s1. The molecule has 5 rings (SSSR count). The van der Waals surface area contributed by atoms with Gasteiger partial charge in [-0.1, -0.05) is 17.3 Å². The number of aromatic nitrogens is 1. The van der Waals surface area contributed by atoms with Crippen LogP contribution >= 0.6 is 0 Å². The Morgan fingerprint density at radius 3 is 2.74 bits per heavy atom. The number of likely N-dealkylation sites (tertiary alicyclic amines) is 1. The van der Waals surface area contributed by atoms with Crippen molar-refractivity contribution in [2.75, 3.05) is 26.7 Å². The summed E-state index contributed by atoms with van der Waals surface area (Å²) in [6.45, 7) is 1.23. The van der Waals surface area contributed by atoms with Crippen LogP contribution in [0.5, 0.6) is 5.75 Å². The minimum Gasteiger partial charge on any atom is -0.406 e. The van der Waals surface area contributed by atoms with E-state index in [0.29, 0.717) is 49.5 Å². The van der Waals surface area contributed by atoms with E-state index in [4.69, 9.17) is 4.52 Å². The molecule has 3 N–H and O–H groups in total. The molecule has 1 spiro atoms. The highest BCUT2D eigenvalue weighted by molar-refractivity contribution is 5.80. The van der Waals surface area contributed by atoms with E-state index in [0.717, 1.165) is 12.8 Å². The van der Waals surface area contributed by atoms with E-state index in [9.17, 15) is 27.6 Å². The Labute approximate surface area is 222 Å². The Morgan fingerprint density at radius 2 is 2.08 bits per heavy atom. The Hall–Kier alpha value is -3.97. The van der Waals surface area contributed by atoms with Crippen LogP contribution in [-0.4, -0.2) is 78.1 Å². The SMILES string of the molecule is CNC(=O)N1C[C@H](N(C(=O)NCc2cc(-c3cccc(OC(F)(F)F)c3)no2)C2CC2)C[C@]2(CNC(=O)C2)C1. The number of hydrogen-bond donors (Lipinski definition) is 3. The fraction of sp³-hybridized carbons (Fsp3) is 0.520. The highest BCUT2D eigenvalue weighted by atomic mass is 19.4. The van der Waals surface area contributed by atoms with E-state index < -0.39 is 11.8 Å². The molecule has 5 amide bonds. The number of piperidine rings is 1. The van der Waals surface area contributed by atoms with Gasteiger partial charge in [-0.3, -0.25) is 4.79 Å². The highest BCUT2D eigenvalue weighted by Crippen LogP contribution is 2.40. The molecule has 0 unspecified atom stereocenters. The first-order valence-corrected chi connectivity index (χ1v) is 12.7. The quantitative estimate of drug-likeness (QED) is 0.508. The van der Waals surface area contributed by atoms with Gasteiger partial charge >= 0.3 is 18.4 Å². The topological polar surface area (TPSA) is 129 Å². The Balaban J connectivity index is 1.26. The van der Waals surface area contributed by atoms with Crippen molar-refractivity contribution in [3.8, 4) is 17.0 Å². The molecule has 3 aliphatic rings. The number of halogens is 3. The Kier molecular flexibility index (Phi) is 7.03. The van der Waals surface area contributed by atoms with Crippen LogP contribution in [0, 0.1) is 5.41 Å². The number of rotatable bonds is 6. The lowest BCUT2D eigenvalue weighted by atomic mass is 9.76. The van der Waals surface area contributed by atoms with Crippen molar-refractivity contribution in [3.05, 3.63) is 36.1 Å². The zero-order chi connectivity index (χ0) is 27.8. The van der Waals surface area contributed by atoms with Crippen LogP contribution < -0.4 is 20.7 Å². The fourth-order valence-corrected chi connectivity index (χ4v) is 5.48. The second-order valence-corrected chi connectivity index (χ2v) is 10.3. The van der Waals surface area contributed by atoms with Gasteiger partial charge in [0, 0.05) is 56.2 Å². The summed E-state index contributed by atoms with van der Waals surface area (Å²) in [7, 11) is 1.55. The number of carbonyl (C=O) groups is 3. The normalized spacial score (nSPS) is 22.9. The van der Waals surface area contributed by atoms with Crippen LogP contribution in [0.1, 0.15) is 31.4 Å². The van der Waals surface area contributed by atoms with Crippen molar-refractivity contribution in [2.45, 2.75) is 50.7 Å². The summed E-state index contributed by atoms with van der Waals surface area (Å²) in [6.07, 6.45) is -2.24. The molecule has 3 fully saturated rings. The number of benzene rings is 1. The lowest BCUT2D eigenvalue weighted by molar-refractivity contribution is -0.274. The van der Waals surface area contributed by atoms with Gasteiger partial charge in [0.15, 0.2) is 5.76 Å². The summed E-state index contributed by atoms with van der Waals surface area (Å²) in [5.74, 6) is -0.131. The first-order chi connectivity index (χ1) is 18.5. The van der Waals surface area contributed by atoms with E-state index in [-0.39, 0.29) is 42.3 Å². The van der Waals surface area contributed by atoms with E-state index in [1.54, 1.807) is 22.9 Å². The minimum atomic E-state index is -4.82. The number of carbonyl (C=O) groups excluding carboxylic acids is 3. The van der Waals surface area contributed by atoms with Gasteiger partial charge in [0.25, 0.3) is 0 Å². The maximum Gasteiger partial charge on any atom is 0.573 e. The van der Waals surface area contributed by atoms with Crippen molar-refractivity contribution >= 4 is 18.0 Å². The molecular formula is C25H29F3N6O5. The molecule has 2 aliphatic heterocycles. The molecule has 1 aromatic heterocycles. The van der Waals surface area contributed by atoms with Crippen molar-refractivity contribution in [2.24, 2.45) is 5.41 Å². The Morgan fingerprint density at radius 1 is 1.28 bits per heavy atom. The zero-order valence-electron chi connectivity index (χ0n) is 21.2. The summed E-state index contributed by atoms with van der Waals surface area (Å²) in [5.41, 5.74) is 0.211. The van der Waals surface area contributed by atoms with Crippen LogP contribution in [0.25, 0.3) is 11.3 Å². The van der Waals surface area contributed by atoms with Crippen LogP contribution in [0.4, 0.5) is 22.8 Å². The van der Waals surface area contributed by atoms with E-state index >= 15 is 0 Å². The molecule has 39 heavy (non-hydrogen) atoms. The van der Waals surface area contributed by atoms with Crippen molar-refractivity contribution < 1.29 is 36.8 Å². The number of nitrogens with one attached hydrogen (secondary N) is 3. The molecule has 0 bridgehead atoms. The number of hydrogen-bond acceptors (Lipinski definition) is 6. The molecule has 3 heterocycles. The molecule has 2 aromatic rings. The van der Waals surface area contributed by atoms with Gasteiger partial charge in [-0.05, 0) is 31.4 Å². The highest BCUT2D eigenvalue weighted by Gasteiger charge is 2.50. The van der Waals surface area contributed by atoms with Gasteiger partial charge in [-0.2, -0.15) is 0 Å². The third-order valence-electron chi connectivity index (χ3n) is 7.23. The molecule has 1 aromatic carbocycles. The monoisotopic (exact) mass is 550 g/mol. The second-order valence-electron chi connectivity index (χ2n) is 10.3. The molecule has 210 valence electrons. The predicted octanol–water partition coefficient (Wildman–Crippen LogP) is 2.83. The van der Waals surface area contributed by atoms with Crippen LogP contribution in [0.2, 0.25) is 0 Å². The third-order valence-corrected chi connectivity index (χ3v) is 7.23. The molecule has 14 heteroatoms. The Bertz CT molecular complexity index is 1250. The number of alkyl halides is 3. The lowest BCUT2D eigenvalue weighted by Crippen LogP contribution is -2.61. The molecule has 1 aliphatic carbocycles. The molecule has 1 saturated carbocycles. The summed E-state index contributed by atoms with van der Waals surface area (Å²) >= 11 is 0. The van der Waals surface area contributed by atoms with E-state index in [1.165, 1.54) is 24.3 Å². The third kappa shape index (κ3) is 6.20. The number of nitrogens with zero attached hydrogens (tertiary/aromatic N) is 3. The van der Waals surface area contributed by atoms with Gasteiger partial charge in [-0.15, -0.1) is 13.2 Å². The molecule has 11 nitrogen and oxygen atoms in total.